The third-order valence-electron chi connectivity index (χ3n) is 4.76. The molecule has 1 aromatic carbocycles. The molecule has 26 heavy (non-hydrogen) atoms. The first-order chi connectivity index (χ1) is 12.7. The van der Waals surface area contributed by atoms with Crippen LogP contribution in [0, 0.1) is 5.82 Å². The maximum Gasteiger partial charge on any atom is 0.131 e. The minimum atomic E-state index is -0.238. The van der Waals surface area contributed by atoms with Gasteiger partial charge in [-0.05, 0) is 18.2 Å². The third kappa shape index (κ3) is 3.52. The fourth-order valence-corrected chi connectivity index (χ4v) is 3.26. The Morgan fingerprint density at radius 3 is 2.81 bits per heavy atom. The monoisotopic (exact) mass is 352 g/mol. The Bertz CT molecular complexity index is 878. The van der Waals surface area contributed by atoms with Gasteiger partial charge in [0.05, 0.1) is 18.0 Å². The van der Waals surface area contributed by atoms with Gasteiger partial charge < -0.3 is 4.74 Å². The summed E-state index contributed by atoms with van der Waals surface area (Å²) in [5.74, 6) is -0.238. The van der Waals surface area contributed by atoms with Crippen LogP contribution in [0.4, 0.5) is 4.39 Å². The van der Waals surface area contributed by atoms with Crippen LogP contribution in [0.5, 0.6) is 0 Å². The Labute approximate surface area is 152 Å². The molecule has 6 heteroatoms. The largest absolute Gasteiger partial charge is 0.369 e. The van der Waals surface area contributed by atoms with E-state index in [2.05, 4.69) is 15.0 Å². The lowest BCUT2D eigenvalue weighted by Crippen LogP contribution is -2.38. The lowest BCUT2D eigenvalue weighted by Gasteiger charge is -2.32. The van der Waals surface area contributed by atoms with Crippen LogP contribution in [-0.4, -0.2) is 39.4 Å². The molecule has 2 aromatic heterocycles. The highest BCUT2D eigenvalue weighted by molar-refractivity contribution is 5.63. The van der Waals surface area contributed by atoms with Crippen molar-refractivity contribution in [3.8, 4) is 11.1 Å². The molecule has 0 amide bonds. The van der Waals surface area contributed by atoms with Gasteiger partial charge in [0.25, 0.3) is 0 Å². The molecular weight excluding hydrogens is 331 g/mol. The minimum Gasteiger partial charge on any atom is -0.369 e. The Kier molecular flexibility index (Phi) is 4.77. The van der Waals surface area contributed by atoms with E-state index in [4.69, 9.17) is 4.74 Å². The number of hydrogen-bond donors (Lipinski definition) is 0. The average molecular weight is 352 g/mol. The zero-order valence-corrected chi connectivity index (χ0v) is 14.7. The zero-order chi connectivity index (χ0) is 17.9. The predicted molar refractivity (Wildman–Crippen MR) is 96.8 cm³/mol. The molecule has 1 fully saturated rings. The van der Waals surface area contributed by atoms with Gasteiger partial charge in [-0.2, -0.15) is 5.10 Å². The Hall–Kier alpha value is -2.57. The predicted octanol–water partition coefficient (Wildman–Crippen LogP) is 3.19. The molecule has 0 aliphatic carbocycles. The van der Waals surface area contributed by atoms with Gasteiger partial charge in [-0.3, -0.25) is 14.6 Å². The molecule has 0 N–H and O–H groups in total. The molecule has 0 radical (unpaired) electrons. The number of aromatic nitrogens is 3. The van der Waals surface area contributed by atoms with Crippen molar-refractivity contribution < 1.29 is 9.13 Å². The number of benzene rings is 1. The molecule has 134 valence electrons. The van der Waals surface area contributed by atoms with Crippen molar-refractivity contribution in [2.45, 2.75) is 12.6 Å². The molecule has 1 aliphatic heterocycles. The number of rotatable bonds is 4. The number of morpholine rings is 1. The number of ether oxygens (including phenoxy) is 1. The number of aryl methyl sites for hydroxylation is 1. The van der Waals surface area contributed by atoms with Crippen molar-refractivity contribution in [1.29, 1.82) is 0 Å². The van der Waals surface area contributed by atoms with E-state index in [0.717, 1.165) is 30.9 Å². The van der Waals surface area contributed by atoms with Gasteiger partial charge in [-0.1, -0.05) is 24.3 Å². The summed E-state index contributed by atoms with van der Waals surface area (Å²) in [5.41, 5.74) is 3.39. The third-order valence-corrected chi connectivity index (χ3v) is 4.76. The standard InChI is InChI=1S/C20H21FN4O/c1-24-16(8-9-23-24)13-25-10-11-26-20(14-25)19-7-6-15(12-22-19)17-4-2-3-5-18(17)21/h2-9,12,20H,10-11,13-14H2,1H3/t20-/m0/s1. The van der Waals surface area contributed by atoms with Crippen LogP contribution in [0.25, 0.3) is 11.1 Å². The van der Waals surface area contributed by atoms with E-state index in [1.54, 1.807) is 18.3 Å². The second kappa shape index (κ2) is 7.35. The highest BCUT2D eigenvalue weighted by atomic mass is 19.1. The van der Waals surface area contributed by atoms with E-state index in [-0.39, 0.29) is 11.9 Å². The van der Waals surface area contributed by atoms with Crippen molar-refractivity contribution in [2.75, 3.05) is 19.7 Å². The Balaban J connectivity index is 1.47. The summed E-state index contributed by atoms with van der Waals surface area (Å²) >= 11 is 0. The highest BCUT2D eigenvalue weighted by Gasteiger charge is 2.23. The second-order valence-electron chi connectivity index (χ2n) is 6.49. The van der Waals surface area contributed by atoms with E-state index in [1.165, 1.54) is 11.8 Å². The van der Waals surface area contributed by atoms with Crippen molar-refractivity contribution in [2.24, 2.45) is 7.05 Å². The topological polar surface area (TPSA) is 43.2 Å². The van der Waals surface area contributed by atoms with Crippen LogP contribution in [-0.2, 0) is 18.3 Å². The van der Waals surface area contributed by atoms with E-state index in [9.17, 15) is 4.39 Å². The summed E-state index contributed by atoms with van der Waals surface area (Å²) in [6.07, 6.45) is 3.46. The van der Waals surface area contributed by atoms with Crippen LogP contribution in [0.2, 0.25) is 0 Å². The highest BCUT2D eigenvalue weighted by Crippen LogP contribution is 2.26. The minimum absolute atomic E-state index is 0.0772. The van der Waals surface area contributed by atoms with Gasteiger partial charge in [0.2, 0.25) is 0 Å². The van der Waals surface area contributed by atoms with Crippen LogP contribution < -0.4 is 0 Å². The molecule has 3 heterocycles. The second-order valence-corrected chi connectivity index (χ2v) is 6.49. The van der Waals surface area contributed by atoms with Crippen LogP contribution in [0.15, 0.2) is 54.9 Å². The quantitative estimate of drug-likeness (QED) is 0.723. The molecule has 0 spiro atoms. The number of hydrogen-bond acceptors (Lipinski definition) is 4. The average Bonchev–Trinajstić information content (AvgIpc) is 3.07. The first-order valence-electron chi connectivity index (χ1n) is 8.72. The fraction of sp³-hybridized carbons (Fsp3) is 0.300. The summed E-state index contributed by atoms with van der Waals surface area (Å²) in [7, 11) is 1.95. The molecule has 5 nitrogen and oxygen atoms in total. The molecule has 1 atom stereocenters. The van der Waals surface area contributed by atoms with E-state index in [0.29, 0.717) is 12.2 Å². The lowest BCUT2D eigenvalue weighted by atomic mass is 10.1. The van der Waals surface area contributed by atoms with E-state index in [1.807, 2.05) is 42.2 Å². The summed E-state index contributed by atoms with van der Waals surface area (Å²) in [6, 6.07) is 12.6. The Morgan fingerprint density at radius 2 is 2.08 bits per heavy atom. The SMILES string of the molecule is Cn1nccc1CN1CCO[C@H](c2ccc(-c3ccccc3F)cn2)C1. The van der Waals surface area contributed by atoms with Gasteiger partial charge in [0.15, 0.2) is 0 Å². The summed E-state index contributed by atoms with van der Waals surface area (Å²) in [6.45, 7) is 3.16. The van der Waals surface area contributed by atoms with Gasteiger partial charge in [-0.15, -0.1) is 0 Å². The molecule has 4 rings (SSSR count). The molecule has 0 saturated carbocycles. The van der Waals surface area contributed by atoms with Crippen molar-refractivity contribution in [3.63, 3.8) is 0 Å². The maximum absolute atomic E-state index is 13.9. The molecule has 1 saturated heterocycles. The van der Waals surface area contributed by atoms with Crippen molar-refractivity contribution in [1.82, 2.24) is 19.7 Å². The van der Waals surface area contributed by atoms with Gasteiger partial charge in [0.1, 0.15) is 11.9 Å². The summed E-state index contributed by atoms with van der Waals surface area (Å²) < 4.78 is 21.7. The van der Waals surface area contributed by atoms with Gasteiger partial charge in [-0.25, -0.2) is 4.39 Å². The molecule has 3 aromatic rings. The number of halogens is 1. The van der Waals surface area contributed by atoms with Crippen LogP contribution in [0.3, 0.4) is 0 Å². The van der Waals surface area contributed by atoms with E-state index < -0.39 is 0 Å². The zero-order valence-electron chi connectivity index (χ0n) is 14.7. The Morgan fingerprint density at radius 1 is 1.19 bits per heavy atom. The van der Waals surface area contributed by atoms with Crippen molar-refractivity contribution >= 4 is 0 Å². The van der Waals surface area contributed by atoms with Gasteiger partial charge in [0, 0.05) is 50.2 Å². The summed E-state index contributed by atoms with van der Waals surface area (Å²) in [4.78, 5) is 6.88. The fourth-order valence-electron chi connectivity index (χ4n) is 3.26. The first kappa shape index (κ1) is 16.9. The van der Waals surface area contributed by atoms with Gasteiger partial charge >= 0.3 is 0 Å². The molecular formula is C20H21FN4O. The van der Waals surface area contributed by atoms with E-state index >= 15 is 0 Å². The molecule has 0 unspecified atom stereocenters. The molecule has 0 bridgehead atoms. The van der Waals surface area contributed by atoms with Crippen LogP contribution in [0.1, 0.15) is 17.5 Å². The number of pyridine rings is 1. The number of nitrogens with zero attached hydrogens (tertiary/aromatic N) is 4. The maximum atomic E-state index is 13.9. The summed E-state index contributed by atoms with van der Waals surface area (Å²) in [5, 5.41) is 4.22. The van der Waals surface area contributed by atoms with Crippen LogP contribution >= 0.6 is 0 Å². The molecule has 1 aliphatic rings. The lowest BCUT2D eigenvalue weighted by molar-refractivity contribution is -0.0356. The normalized spacial score (nSPS) is 18.2. The smallest absolute Gasteiger partial charge is 0.131 e. The van der Waals surface area contributed by atoms with Crippen molar-refractivity contribution in [3.05, 3.63) is 72.1 Å². The first-order valence-corrected chi connectivity index (χ1v) is 8.72.